The van der Waals surface area contributed by atoms with E-state index in [0.29, 0.717) is 32.3 Å². The van der Waals surface area contributed by atoms with E-state index in [9.17, 15) is 19.5 Å². The van der Waals surface area contributed by atoms with E-state index < -0.39 is 36.0 Å². The molecule has 6 rings (SSSR count). The fraction of sp³-hybridized carbons (Fsp3) is 0.615. The Labute approximate surface area is 226 Å². The summed E-state index contributed by atoms with van der Waals surface area (Å²) in [4.78, 5) is 47.2. The van der Waals surface area contributed by atoms with Crippen molar-refractivity contribution in [3.63, 3.8) is 0 Å². The number of benzene rings is 1. The molecule has 0 saturated carbocycles. The van der Waals surface area contributed by atoms with Gasteiger partial charge in [0.1, 0.15) is 11.8 Å². The van der Waals surface area contributed by atoms with E-state index in [0.717, 1.165) is 12.8 Å². The van der Waals surface area contributed by atoms with Gasteiger partial charge in [-0.05, 0) is 24.3 Å². The molecule has 1 aromatic rings. The maximum atomic E-state index is 13.2. The van der Waals surface area contributed by atoms with Crippen LogP contribution in [0.5, 0.6) is 0 Å². The van der Waals surface area contributed by atoms with Crippen molar-refractivity contribution in [1.82, 2.24) is 30.7 Å². The number of aliphatic hydroxyl groups is 1. The topological polar surface area (TPSA) is 165 Å². The number of aliphatic hydroxyl groups excluding tert-OH is 1. The van der Waals surface area contributed by atoms with E-state index in [-0.39, 0.29) is 43.7 Å². The number of nitrogens with two attached hydrogens (primary N) is 1. The SMILES string of the molecule is NC1=NC(CN2C(=O)CCC2=O)C2NCNCNC23[C@H](O)[C@@H](OC(=O)N2CCC(c4ccccc4)CC2)CN13. The van der Waals surface area contributed by atoms with Gasteiger partial charge in [-0.3, -0.25) is 30.4 Å². The van der Waals surface area contributed by atoms with Crippen LogP contribution in [0, 0.1) is 0 Å². The van der Waals surface area contributed by atoms with Crippen LogP contribution in [0.1, 0.15) is 37.2 Å². The number of amides is 3. The number of likely N-dealkylation sites (tertiary alicyclic amines) is 2. The van der Waals surface area contributed by atoms with Crippen LogP contribution in [0.15, 0.2) is 35.3 Å². The van der Waals surface area contributed by atoms with Gasteiger partial charge in [0.05, 0.1) is 25.2 Å². The Kier molecular flexibility index (Phi) is 6.91. The summed E-state index contributed by atoms with van der Waals surface area (Å²) in [5.41, 5.74) is 6.54. The molecule has 39 heavy (non-hydrogen) atoms. The van der Waals surface area contributed by atoms with E-state index in [2.05, 4.69) is 33.1 Å². The first-order valence-corrected chi connectivity index (χ1v) is 13.7. The average Bonchev–Trinajstić information content (AvgIpc) is 3.29. The number of rotatable bonds is 4. The van der Waals surface area contributed by atoms with Gasteiger partial charge in [0.2, 0.25) is 11.8 Å². The molecule has 0 bridgehead atoms. The summed E-state index contributed by atoms with van der Waals surface area (Å²) >= 11 is 0. The van der Waals surface area contributed by atoms with Gasteiger partial charge in [0, 0.05) is 39.3 Å². The van der Waals surface area contributed by atoms with Crippen molar-refractivity contribution in [2.24, 2.45) is 10.7 Å². The number of nitrogens with zero attached hydrogens (tertiary/aromatic N) is 4. The highest BCUT2D eigenvalue weighted by molar-refractivity contribution is 6.02. The highest BCUT2D eigenvalue weighted by Gasteiger charge is 2.64. The molecule has 5 heterocycles. The van der Waals surface area contributed by atoms with Crippen LogP contribution in [0.4, 0.5) is 4.79 Å². The fourth-order valence-electron chi connectivity index (χ4n) is 6.75. The zero-order valence-electron chi connectivity index (χ0n) is 21.8. The molecule has 3 unspecified atom stereocenters. The molecule has 4 fully saturated rings. The van der Waals surface area contributed by atoms with Gasteiger partial charge >= 0.3 is 6.09 Å². The minimum atomic E-state index is -1.16. The second kappa shape index (κ2) is 10.4. The quantitative estimate of drug-likeness (QED) is 0.289. The lowest BCUT2D eigenvalue weighted by molar-refractivity contribution is -0.139. The average molecular weight is 541 g/mol. The van der Waals surface area contributed by atoms with Crippen LogP contribution in [0.2, 0.25) is 0 Å². The molecule has 1 spiro atoms. The van der Waals surface area contributed by atoms with E-state index in [1.165, 1.54) is 10.5 Å². The molecule has 1 aromatic carbocycles. The predicted octanol–water partition coefficient (Wildman–Crippen LogP) is -1.34. The summed E-state index contributed by atoms with van der Waals surface area (Å²) < 4.78 is 5.91. The van der Waals surface area contributed by atoms with E-state index in [4.69, 9.17) is 10.5 Å². The number of piperidine rings is 1. The first-order valence-electron chi connectivity index (χ1n) is 13.7. The number of hydrogen-bond acceptors (Lipinski definition) is 11. The van der Waals surface area contributed by atoms with Crippen LogP contribution >= 0.6 is 0 Å². The molecule has 5 aliphatic heterocycles. The normalized spacial score (nSPS) is 33.5. The number of aliphatic imine (C=N–C) groups is 1. The standard InChI is InChI=1S/C26H36N8O5/c27-24-31-18(12-33-20(35)6-7-21(33)36)22-26(30-15-28-14-29-22)23(37)19(13-34(24)26)39-25(38)32-10-8-17(9-11-32)16-4-2-1-3-5-16/h1-5,17-19,22-23,28-30,37H,6-15H2,(H2,27,31)/t18?,19-,22?,23+,26?/m0/s1. The minimum absolute atomic E-state index is 0.0564. The van der Waals surface area contributed by atoms with E-state index in [1.807, 2.05) is 18.2 Å². The molecular weight excluding hydrogens is 504 g/mol. The Balaban J connectivity index is 1.17. The Bertz CT molecular complexity index is 1130. The number of carbonyl (C=O) groups is 3. The minimum Gasteiger partial charge on any atom is -0.441 e. The number of imide groups is 1. The number of hydrogen-bond donors (Lipinski definition) is 5. The highest BCUT2D eigenvalue weighted by atomic mass is 16.6. The molecule has 3 amide bonds. The zero-order chi connectivity index (χ0) is 27.1. The van der Waals surface area contributed by atoms with Crippen molar-refractivity contribution in [1.29, 1.82) is 0 Å². The van der Waals surface area contributed by atoms with E-state index >= 15 is 0 Å². The lowest BCUT2D eigenvalue weighted by Gasteiger charge is -2.50. The fourth-order valence-corrected chi connectivity index (χ4v) is 6.75. The summed E-state index contributed by atoms with van der Waals surface area (Å²) in [5, 5.41) is 21.6. The third-order valence-corrected chi connectivity index (χ3v) is 8.79. The van der Waals surface area contributed by atoms with Gasteiger partial charge in [-0.1, -0.05) is 30.3 Å². The number of ether oxygens (including phenoxy) is 1. The Morgan fingerprint density at radius 3 is 2.56 bits per heavy atom. The number of guanidine groups is 1. The molecular formula is C26H36N8O5. The van der Waals surface area contributed by atoms with Crippen LogP contribution in [-0.4, -0.2) is 113 Å². The van der Waals surface area contributed by atoms with Gasteiger partial charge in [-0.2, -0.15) is 0 Å². The van der Waals surface area contributed by atoms with Gasteiger partial charge in [0.15, 0.2) is 12.1 Å². The molecule has 0 aromatic heterocycles. The monoisotopic (exact) mass is 540 g/mol. The van der Waals surface area contributed by atoms with Crippen LogP contribution in [0.3, 0.4) is 0 Å². The van der Waals surface area contributed by atoms with Gasteiger partial charge < -0.3 is 25.4 Å². The first-order chi connectivity index (χ1) is 18.9. The summed E-state index contributed by atoms with van der Waals surface area (Å²) in [7, 11) is 0. The maximum Gasteiger partial charge on any atom is 0.410 e. The van der Waals surface area contributed by atoms with Crippen molar-refractivity contribution >= 4 is 23.9 Å². The van der Waals surface area contributed by atoms with Crippen molar-refractivity contribution in [2.75, 3.05) is 39.5 Å². The Morgan fingerprint density at radius 1 is 1.13 bits per heavy atom. The highest BCUT2D eigenvalue weighted by Crippen LogP contribution is 2.38. The second-order valence-corrected chi connectivity index (χ2v) is 10.9. The summed E-state index contributed by atoms with van der Waals surface area (Å²) in [6.45, 7) is 2.13. The molecule has 5 aliphatic rings. The van der Waals surface area contributed by atoms with Crippen molar-refractivity contribution in [3.05, 3.63) is 35.9 Å². The van der Waals surface area contributed by atoms with Crippen LogP contribution < -0.4 is 21.7 Å². The molecule has 6 N–H and O–H groups in total. The van der Waals surface area contributed by atoms with Crippen LogP contribution in [-0.2, 0) is 14.3 Å². The third kappa shape index (κ3) is 4.52. The Hall–Kier alpha value is -3.26. The third-order valence-electron chi connectivity index (χ3n) is 8.79. The largest absolute Gasteiger partial charge is 0.441 e. The molecule has 13 nitrogen and oxygen atoms in total. The maximum absolute atomic E-state index is 13.2. The Morgan fingerprint density at radius 2 is 1.85 bits per heavy atom. The lowest BCUT2D eigenvalue weighted by atomic mass is 9.86. The zero-order valence-corrected chi connectivity index (χ0v) is 21.8. The molecule has 0 aliphatic carbocycles. The smallest absolute Gasteiger partial charge is 0.410 e. The molecule has 210 valence electrons. The van der Waals surface area contributed by atoms with Gasteiger partial charge in [-0.15, -0.1) is 0 Å². The first kappa shape index (κ1) is 26.0. The van der Waals surface area contributed by atoms with Crippen molar-refractivity contribution in [3.8, 4) is 0 Å². The molecule has 4 saturated heterocycles. The predicted molar refractivity (Wildman–Crippen MR) is 140 cm³/mol. The molecule has 13 heteroatoms. The summed E-state index contributed by atoms with van der Waals surface area (Å²) in [6.07, 6.45) is -0.414. The van der Waals surface area contributed by atoms with Crippen molar-refractivity contribution in [2.45, 2.75) is 61.6 Å². The van der Waals surface area contributed by atoms with Gasteiger partial charge in [-0.25, -0.2) is 9.79 Å². The molecule has 0 radical (unpaired) electrons. The number of carbonyl (C=O) groups excluding carboxylic acids is 3. The van der Waals surface area contributed by atoms with E-state index in [1.54, 1.807) is 9.80 Å². The summed E-state index contributed by atoms with van der Waals surface area (Å²) in [5.74, 6) is 0.0874. The number of nitrogens with one attached hydrogen (secondary N) is 3. The van der Waals surface area contributed by atoms with Gasteiger partial charge in [0.25, 0.3) is 0 Å². The van der Waals surface area contributed by atoms with Crippen LogP contribution in [0.25, 0.3) is 0 Å². The molecule has 5 atom stereocenters. The second-order valence-electron chi connectivity index (χ2n) is 10.9. The lowest BCUT2D eigenvalue weighted by Crippen LogP contribution is -2.77. The van der Waals surface area contributed by atoms with Crippen molar-refractivity contribution < 1.29 is 24.2 Å². The summed E-state index contributed by atoms with van der Waals surface area (Å²) in [6, 6.07) is 9.19.